The van der Waals surface area contributed by atoms with Crippen molar-refractivity contribution in [3.8, 4) is 11.1 Å². The Labute approximate surface area is 128 Å². The van der Waals surface area contributed by atoms with E-state index in [4.69, 9.17) is 10.8 Å². The van der Waals surface area contributed by atoms with Gasteiger partial charge < -0.3 is 10.8 Å². The van der Waals surface area contributed by atoms with Gasteiger partial charge in [-0.2, -0.15) is 4.72 Å². The number of aliphatic carboxylic acids is 1. The van der Waals surface area contributed by atoms with Crippen molar-refractivity contribution in [3.05, 3.63) is 48.5 Å². The Kier molecular flexibility index (Phi) is 4.48. The summed E-state index contributed by atoms with van der Waals surface area (Å²) < 4.78 is 26.2. The van der Waals surface area contributed by atoms with Crippen LogP contribution in [0.4, 0.5) is 5.69 Å². The van der Waals surface area contributed by atoms with Gasteiger partial charge in [0.15, 0.2) is 0 Å². The van der Waals surface area contributed by atoms with E-state index in [9.17, 15) is 13.2 Å². The molecule has 0 aliphatic heterocycles. The first-order chi connectivity index (χ1) is 10.3. The number of nitrogens with one attached hydrogen (secondary N) is 1. The Hall–Kier alpha value is -2.38. The van der Waals surface area contributed by atoms with Gasteiger partial charge in [-0.25, -0.2) is 8.42 Å². The minimum absolute atomic E-state index is 0.0137. The molecule has 116 valence electrons. The van der Waals surface area contributed by atoms with Crippen molar-refractivity contribution in [1.29, 1.82) is 0 Å². The minimum atomic E-state index is -3.86. The average molecular weight is 320 g/mol. The zero-order chi connectivity index (χ0) is 16.3. The second-order valence-electron chi connectivity index (χ2n) is 4.83. The molecular formula is C15H16N2O4S. The average Bonchev–Trinajstić information content (AvgIpc) is 2.47. The molecule has 22 heavy (non-hydrogen) atoms. The van der Waals surface area contributed by atoms with Gasteiger partial charge in [0.1, 0.15) is 6.04 Å². The molecule has 0 aromatic heterocycles. The Balaban J connectivity index is 2.25. The molecule has 2 aromatic carbocycles. The van der Waals surface area contributed by atoms with Gasteiger partial charge in [0, 0.05) is 5.69 Å². The lowest BCUT2D eigenvalue weighted by Gasteiger charge is -2.10. The molecule has 2 aromatic rings. The molecule has 1 unspecified atom stereocenters. The summed E-state index contributed by atoms with van der Waals surface area (Å²) in [5, 5.41) is 8.77. The summed E-state index contributed by atoms with van der Waals surface area (Å²) in [5.74, 6) is -1.23. The van der Waals surface area contributed by atoms with Crippen LogP contribution in [-0.4, -0.2) is 25.5 Å². The fourth-order valence-corrected chi connectivity index (χ4v) is 3.05. The number of anilines is 1. The molecule has 1 atom stereocenters. The highest BCUT2D eigenvalue weighted by atomic mass is 32.2. The number of nitrogen functional groups attached to an aromatic ring is 1. The monoisotopic (exact) mass is 320 g/mol. The number of benzene rings is 2. The number of nitrogens with two attached hydrogens (primary N) is 1. The van der Waals surface area contributed by atoms with Crippen molar-refractivity contribution in [2.45, 2.75) is 17.9 Å². The summed E-state index contributed by atoms with van der Waals surface area (Å²) >= 11 is 0. The standard InChI is InChI=1S/C15H16N2O4S/c1-10(15(18)19)17-22(20,21)14-8-4-12(5-9-14)11-2-6-13(16)7-3-11/h2-10,17H,16H2,1H3,(H,18,19). The van der Waals surface area contributed by atoms with Crippen molar-refractivity contribution in [2.24, 2.45) is 0 Å². The first-order valence-corrected chi connectivity index (χ1v) is 7.99. The van der Waals surface area contributed by atoms with Crippen molar-refractivity contribution in [2.75, 3.05) is 5.73 Å². The number of hydrogen-bond donors (Lipinski definition) is 3. The van der Waals surface area contributed by atoms with E-state index in [1.807, 2.05) is 12.1 Å². The zero-order valence-electron chi connectivity index (χ0n) is 11.9. The third-order valence-corrected chi connectivity index (χ3v) is 4.67. The predicted octanol–water partition coefficient (Wildman–Crippen LogP) is 1.69. The maximum absolute atomic E-state index is 12.0. The Morgan fingerprint density at radius 2 is 1.50 bits per heavy atom. The number of carboxylic acid groups (broad SMARTS) is 1. The van der Waals surface area contributed by atoms with E-state index in [0.29, 0.717) is 5.69 Å². The number of carboxylic acids is 1. The molecule has 0 radical (unpaired) electrons. The summed E-state index contributed by atoms with van der Waals surface area (Å²) in [6, 6.07) is 12.2. The Morgan fingerprint density at radius 1 is 1.05 bits per heavy atom. The van der Waals surface area contributed by atoms with Gasteiger partial charge in [-0.3, -0.25) is 4.79 Å². The largest absolute Gasteiger partial charge is 0.480 e. The van der Waals surface area contributed by atoms with Crippen LogP contribution in [0.25, 0.3) is 11.1 Å². The summed E-state index contributed by atoms with van der Waals surface area (Å²) in [7, 11) is -3.86. The lowest BCUT2D eigenvalue weighted by Crippen LogP contribution is -2.38. The predicted molar refractivity (Wildman–Crippen MR) is 83.7 cm³/mol. The van der Waals surface area contributed by atoms with E-state index in [2.05, 4.69) is 4.72 Å². The van der Waals surface area contributed by atoms with Crippen LogP contribution in [0.5, 0.6) is 0 Å². The summed E-state index contributed by atoms with van der Waals surface area (Å²) in [5.41, 5.74) is 8.01. The van der Waals surface area contributed by atoms with Crippen LogP contribution in [0.1, 0.15) is 6.92 Å². The highest BCUT2D eigenvalue weighted by Gasteiger charge is 2.21. The lowest BCUT2D eigenvalue weighted by molar-refractivity contribution is -0.138. The highest BCUT2D eigenvalue weighted by molar-refractivity contribution is 7.89. The minimum Gasteiger partial charge on any atom is -0.480 e. The molecular weight excluding hydrogens is 304 g/mol. The van der Waals surface area contributed by atoms with Crippen LogP contribution in [0.15, 0.2) is 53.4 Å². The normalized spacial score (nSPS) is 12.8. The van der Waals surface area contributed by atoms with Crippen LogP contribution < -0.4 is 10.5 Å². The van der Waals surface area contributed by atoms with Gasteiger partial charge in [0.2, 0.25) is 10.0 Å². The third-order valence-electron chi connectivity index (χ3n) is 3.11. The van der Waals surface area contributed by atoms with Gasteiger partial charge in [-0.1, -0.05) is 24.3 Å². The molecule has 0 heterocycles. The van der Waals surface area contributed by atoms with Crippen molar-refractivity contribution in [1.82, 2.24) is 4.72 Å². The van der Waals surface area contributed by atoms with E-state index >= 15 is 0 Å². The van der Waals surface area contributed by atoms with Crippen LogP contribution in [-0.2, 0) is 14.8 Å². The second-order valence-corrected chi connectivity index (χ2v) is 6.54. The van der Waals surface area contributed by atoms with E-state index in [1.165, 1.54) is 19.1 Å². The van der Waals surface area contributed by atoms with Crippen molar-refractivity contribution < 1.29 is 18.3 Å². The molecule has 7 heteroatoms. The van der Waals surface area contributed by atoms with E-state index in [0.717, 1.165) is 11.1 Å². The van der Waals surface area contributed by atoms with Gasteiger partial charge in [-0.15, -0.1) is 0 Å². The van der Waals surface area contributed by atoms with Crippen molar-refractivity contribution >= 4 is 21.7 Å². The molecule has 0 bridgehead atoms. The molecule has 4 N–H and O–H groups in total. The molecule has 6 nitrogen and oxygen atoms in total. The third kappa shape index (κ3) is 3.63. The second kappa shape index (κ2) is 6.17. The summed E-state index contributed by atoms with van der Waals surface area (Å²) in [6.07, 6.45) is 0. The first kappa shape index (κ1) is 16.0. The number of sulfonamides is 1. The number of rotatable bonds is 5. The van der Waals surface area contributed by atoms with Crippen LogP contribution in [0, 0.1) is 0 Å². The Morgan fingerprint density at radius 3 is 1.95 bits per heavy atom. The maximum Gasteiger partial charge on any atom is 0.321 e. The number of hydrogen-bond acceptors (Lipinski definition) is 4. The molecule has 2 rings (SSSR count). The SMILES string of the molecule is CC(NS(=O)(=O)c1ccc(-c2ccc(N)cc2)cc1)C(=O)O. The van der Waals surface area contributed by atoms with Crippen LogP contribution >= 0.6 is 0 Å². The molecule has 0 aliphatic carbocycles. The smallest absolute Gasteiger partial charge is 0.321 e. The van der Waals surface area contributed by atoms with Gasteiger partial charge >= 0.3 is 5.97 Å². The summed E-state index contributed by atoms with van der Waals surface area (Å²) in [6.45, 7) is 1.27. The number of carbonyl (C=O) groups is 1. The first-order valence-electron chi connectivity index (χ1n) is 6.51. The lowest BCUT2D eigenvalue weighted by atomic mass is 10.1. The molecule has 0 aliphatic rings. The Bertz CT molecular complexity index is 768. The molecule has 0 amide bonds. The highest BCUT2D eigenvalue weighted by Crippen LogP contribution is 2.22. The van der Waals surface area contributed by atoms with Crippen LogP contribution in [0.2, 0.25) is 0 Å². The summed E-state index contributed by atoms with van der Waals surface area (Å²) in [4.78, 5) is 10.8. The molecule has 0 saturated heterocycles. The van der Waals surface area contributed by atoms with E-state index in [-0.39, 0.29) is 4.90 Å². The van der Waals surface area contributed by atoms with Crippen LogP contribution in [0.3, 0.4) is 0 Å². The van der Waals surface area contributed by atoms with E-state index < -0.39 is 22.0 Å². The van der Waals surface area contributed by atoms with Gasteiger partial charge in [0.05, 0.1) is 4.90 Å². The molecule has 0 saturated carbocycles. The van der Waals surface area contributed by atoms with E-state index in [1.54, 1.807) is 24.3 Å². The maximum atomic E-state index is 12.0. The fourth-order valence-electron chi connectivity index (χ4n) is 1.85. The molecule has 0 spiro atoms. The van der Waals surface area contributed by atoms with Crippen molar-refractivity contribution in [3.63, 3.8) is 0 Å². The fraction of sp³-hybridized carbons (Fsp3) is 0.133. The quantitative estimate of drug-likeness (QED) is 0.726. The topological polar surface area (TPSA) is 109 Å². The van der Waals surface area contributed by atoms with Gasteiger partial charge in [-0.05, 0) is 42.3 Å². The van der Waals surface area contributed by atoms with Gasteiger partial charge in [0.25, 0.3) is 0 Å². The molecule has 0 fully saturated rings. The zero-order valence-corrected chi connectivity index (χ0v) is 12.7.